The predicted molar refractivity (Wildman–Crippen MR) is 97.5 cm³/mol. The molecule has 2 heterocycles. The second kappa shape index (κ2) is 9.74. The molecular weight excluding hydrogens is 457 g/mol. The first-order valence-electron chi connectivity index (χ1n) is 8.45. The number of hydrogen-bond acceptors (Lipinski definition) is 5. The number of anilines is 1. The number of β-amino-alcohol motifs (C(OH)–C–C–N with tert-alkyl or cyclic N) is 1. The van der Waals surface area contributed by atoms with Crippen LogP contribution in [0, 0.1) is 41.3 Å². The van der Waals surface area contributed by atoms with Gasteiger partial charge in [0.1, 0.15) is 0 Å². The molecule has 6 nitrogen and oxygen atoms in total. The van der Waals surface area contributed by atoms with Crippen LogP contribution in [0.15, 0.2) is 48.7 Å². The zero-order valence-electron chi connectivity index (χ0n) is 14.9. The van der Waals surface area contributed by atoms with Crippen LogP contribution in [0.5, 0.6) is 0 Å². The van der Waals surface area contributed by atoms with Crippen molar-refractivity contribution in [2.24, 2.45) is 0 Å². The molecule has 0 aliphatic carbocycles. The van der Waals surface area contributed by atoms with Crippen LogP contribution < -0.4 is 4.90 Å². The summed E-state index contributed by atoms with van der Waals surface area (Å²) in [7, 11) is 2.00. The fraction of sp³-hybridized carbons (Fsp3) is 0.368. The number of carbonyl (C=O) groups excluding carboxylic acids is 1. The minimum atomic E-state index is -0.778. The van der Waals surface area contributed by atoms with Gasteiger partial charge in [-0.2, -0.15) is 0 Å². The Morgan fingerprint density at radius 2 is 2.08 bits per heavy atom. The van der Waals surface area contributed by atoms with Gasteiger partial charge in [0, 0.05) is 26.7 Å². The molecule has 2 aromatic rings. The Morgan fingerprint density at radius 3 is 2.62 bits per heavy atom. The van der Waals surface area contributed by atoms with Crippen molar-refractivity contribution in [1.29, 1.82) is 0 Å². The standard InChI is InChI=1S/C19H24N4O2.Pr/c1-22(15-7-8-17(19(20)25)21-11-15)18(14-5-3-2-4-6-14)13-23-10-9-16(24)12-23;/h2-8,11,16,18,24H,9-10,12-13H2,1H3,(H2,20,25);/q;+3/p-1. The molecule has 1 fully saturated rings. The van der Waals surface area contributed by atoms with Crippen molar-refractivity contribution in [2.45, 2.75) is 18.6 Å². The third kappa shape index (κ3) is 5.22. The number of aromatic nitrogens is 1. The molecule has 0 radical (unpaired) electrons. The number of likely N-dealkylation sites (N-methyl/N-ethyl adjacent to an activating group) is 1. The van der Waals surface area contributed by atoms with Gasteiger partial charge in [0.25, 0.3) is 0 Å². The van der Waals surface area contributed by atoms with Crippen molar-refractivity contribution in [2.75, 3.05) is 31.6 Å². The Morgan fingerprint density at radius 1 is 1.35 bits per heavy atom. The van der Waals surface area contributed by atoms with Crippen LogP contribution in [0.1, 0.15) is 28.5 Å². The number of likely N-dealkylation sites (tertiary alicyclic amines) is 1. The van der Waals surface area contributed by atoms with Gasteiger partial charge in [-0.05, 0) is 24.1 Å². The fourth-order valence-electron chi connectivity index (χ4n) is 3.26. The van der Waals surface area contributed by atoms with Crippen LogP contribution in [-0.4, -0.2) is 53.7 Å². The molecule has 1 aromatic heterocycles. The van der Waals surface area contributed by atoms with E-state index in [1.54, 1.807) is 12.3 Å². The van der Waals surface area contributed by atoms with E-state index in [0.717, 1.165) is 25.2 Å². The van der Waals surface area contributed by atoms with E-state index >= 15 is 0 Å². The van der Waals surface area contributed by atoms with Gasteiger partial charge in [-0.3, -0.25) is 9.88 Å². The summed E-state index contributed by atoms with van der Waals surface area (Å²) in [6, 6.07) is 13.8. The van der Waals surface area contributed by atoms with Crippen molar-refractivity contribution in [3.05, 3.63) is 65.7 Å². The van der Waals surface area contributed by atoms with E-state index in [0.29, 0.717) is 6.54 Å². The van der Waals surface area contributed by atoms with Crippen LogP contribution in [0.3, 0.4) is 0 Å². The molecule has 26 heavy (non-hydrogen) atoms. The van der Waals surface area contributed by atoms with Crippen molar-refractivity contribution < 1.29 is 51.2 Å². The van der Waals surface area contributed by atoms with Gasteiger partial charge in [-0.25, -0.2) is 0 Å². The molecule has 1 amide bonds. The van der Waals surface area contributed by atoms with E-state index in [4.69, 9.17) is 5.73 Å². The van der Waals surface area contributed by atoms with Crippen LogP contribution in [-0.2, 0) is 0 Å². The van der Waals surface area contributed by atoms with Crippen molar-refractivity contribution in [1.82, 2.24) is 9.88 Å². The number of hydrogen-bond donors (Lipinski definition) is 1. The third-order valence-electron chi connectivity index (χ3n) is 4.72. The van der Waals surface area contributed by atoms with Gasteiger partial charge >= 0.3 is 41.3 Å². The first-order valence-corrected chi connectivity index (χ1v) is 8.45. The average molecular weight is 480 g/mol. The maximum absolute atomic E-state index is 11.1. The van der Waals surface area contributed by atoms with Crippen molar-refractivity contribution in [3.63, 3.8) is 0 Å². The number of benzene rings is 1. The fourth-order valence-corrected chi connectivity index (χ4v) is 3.26. The molecule has 1 saturated heterocycles. The number of amides is 1. The smallest absolute Gasteiger partial charge is 0.662 e. The Bertz CT molecular complexity index is 711. The zero-order chi connectivity index (χ0) is 17.8. The van der Waals surface area contributed by atoms with Crippen LogP contribution in [0.2, 0.25) is 0 Å². The monoisotopic (exact) mass is 480 g/mol. The number of aliphatic hydroxyl groups excluding tert-OH is 1. The molecule has 0 saturated carbocycles. The molecule has 132 valence electrons. The number of nitrogens with one attached hydrogen (secondary N) is 1. The Labute approximate surface area is 187 Å². The van der Waals surface area contributed by atoms with E-state index in [2.05, 4.69) is 26.9 Å². The summed E-state index contributed by atoms with van der Waals surface area (Å²) >= 11 is 0. The quantitative estimate of drug-likeness (QED) is 0.688. The summed E-state index contributed by atoms with van der Waals surface area (Å²) < 4.78 is 0. The molecule has 0 spiro atoms. The summed E-state index contributed by atoms with van der Waals surface area (Å²) in [6.07, 6.45) is 2.20. The van der Waals surface area contributed by atoms with E-state index in [-0.39, 0.29) is 59.1 Å². The molecule has 7 heteroatoms. The predicted octanol–water partition coefficient (Wildman–Crippen LogP) is 2.52. The Kier molecular flexibility index (Phi) is 7.95. The summed E-state index contributed by atoms with van der Waals surface area (Å²) in [6.45, 7) is 2.39. The molecule has 1 aliphatic heterocycles. The number of pyridine rings is 1. The topological polar surface area (TPSA) is 80.5 Å². The second-order valence-electron chi connectivity index (χ2n) is 6.47. The van der Waals surface area contributed by atoms with Crippen LogP contribution in [0.25, 0.3) is 5.73 Å². The van der Waals surface area contributed by atoms with Gasteiger partial charge in [0.15, 0.2) is 0 Å². The third-order valence-corrected chi connectivity index (χ3v) is 4.72. The molecular formula is C19H23N4O2Pr+2. The summed E-state index contributed by atoms with van der Waals surface area (Å²) in [5.41, 5.74) is 9.36. The summed E-state index contributed by atoms with van der Waals surface area (Å²) in [5.74, 6) is -0.778. The molecule has 2 unspecified atom stereocenters. The van der Waals surface area contributed by atoms with Gasteiger partial charge in [-0.15, -0.1) is 0 Å². The number of carbonyl (C=O) groups is 1. The van der Waals surface area contributed by atoms with Gasteiger partial charge in [-0.1, -0.05) is 30.3 Å². The van der Waals surface area contributed by atoms with Gasteiger partial charge in [0.2, 0.25) is 0 Å². The molecule has 3 rings (SSSR count). The zero-order valence-corrected chi connectivity index (χ0v) is 18.6. The Hall–Kier alpha value is -1.08. The number of nitrogens with zero attached hydrogens (tertiary/aromatic N) is 3. The molecule has 0 bridgehead atoms. The van der Waals surface area contributed by atoms with E-state index in [1.807, 2.05) is 31.3 Å². The summed E-state index contributed by atoms with van der Waals surface area (Å²) in [5, 5.41) is 9.81. The second-order valence-corrected chi connectivity index (χ2v) is 6.47. The van der Waals surface area contributed by atoms with E-state index in [1.165, 1.54) is 5.56 Å². The molecule has 1 aliphatic rings. The van der Waals surface area contributed by atoms with Crippen LogP contribution in [0.4, 0.5) is 5.69 Å². The molecule has 1 aromatic carbocycles. The van der Waals surface area contributed by atoms with Crippen molar-refractivity contribution in [3.8, 4) is 0 Å². The number of aliphatic hydroxyl groups is 1. The first kappa shape index (κ1) is 21.2. The van der Waals surface area contributed by atoms with Crippen LogP contribution >= 0.6 is 0 Å². The average Bonchev–Trinajstić information content (AvgIpc) is 3.05. The van der Waals surface area contributed by atoms with Gasteiger partial charge < -0.3 is 20.5 Å². The number of rotatable bonds is 6. The first-order chi connectivity index (χ1) is 12.0. The van der Waals surface area contributed by atoms with E-state index < -0.39 is 5.91 Å². The SMILES string of the molecule is CN(c1ccc(C([NH-])=O)nc1)C(CN1CCC(O)C1)c1ccccc1.[Pr+3]. The summed E-state index contributed by atoms with van der Waals surface area (Å²) in [4.78, 5) is 19.6. The minimum Gasteiger partial charge on any atom is -0.662 e. The maximum atomic E-state index is 11.1. The van der Waals surface area contributed by atoms with E-state index in [9.17, 15) is 9.90 Å². The normalized spacial score (nSPS) is 18.2. The van der Waals surface area contributed by atoms with Gasteiger partial charge in [0.05, 0.1) is 35.6 Å². The largest absolute Gasteiger partial charge is 3.00 e. The van der Waals surface area contributed by atoms with Crippen molar-refractivity contribution >= 4 is 11.6 Å². The minimum absolute atomic E-state index is 0. The Balaban J connectivity index is 0.00000243. The molecule has 2 atom stereocenters. The maximum Gasteiger partial charge on any atom is 3.00 e. The molecule has 2 N–H and O–H groups in total.